The maximum absolute atomic E-state index is 11.9. The highest BCUT2D eigenvalue weighted by molar-refractivity contribution is 6.30. The van der Waals surface area contributed by atoms with Crippen LogP contribution >= 0.6 is 11.6 Å². The second-order valence-corrected chi connectivity index (χ2v) is 5.93. The molecule has 2 rings (SSSR count). The number of ether oxygens (including phenoxy) is 1. The molecule has 0 atom stereocenters. The molecule has 0 aliphatic carbocycles. The standard InChI is InChI=1S/C18H16ClN3O6/c19-13-7-5-12(6-8-13)18(25)20-10-9-17(24)28-11-16(23)21-14-3-1-2-4-15(14)22(26)27/h1-8H,9-11H2,(H,20,25)(H,21,23). The monoisotopic (exact) mass is 405 g/mol. The third-order valence-corrected chi connectivity index (χ3v) is 3.71. The summed E-state index contributed by atoms with van der Waals surface area (Å²) < 4.78 is 4.79. The Balaban J connectivity index is 1.72. The fourth-order valence-corrected chi connectivity index (χ4v) is 2.25. The molecule has 0 radical (unpaired) electrons. The normalized spacial score (nSPS) is 10.0. The second kappa shape index (κ2) is 10.0. The van der Waals surface area contributed by atoms with Crippen molar-refractivity contribution in [3.05, 3.63) is 69.2 Å². The van der Waals surface area contributed by atoms with Gasteiger partial charge in [-0.15, -0.1) is 0 Å². The van der Waals surface area contributed by atoms with Crippen molar-refractivity contribution in [1.29, 1.82) is 0 Å². The third kappa shape index (κ3) is 6.36. The minimum Gasteiger partial charge on any atom is -0.456 e. The van der Waals surface area contributed by atoms with E-state index in [2.05, 4.69) is 10.6 Å². The van der Waals surface area contributed by atoms with Gasteiger partial charge in [-0.2, -0.15) is 0 Å². The van der Waals surface area contributed by atoms with Crippen molar-refractivity contribution >= 4 is 40.8 Å². The number of carbonyl (C=O) groups is 3. The summed E-state index contributed by atoms with van der Waals surface area (Å²) in [6, 6.07) is 11.8. The summed E-state index contributed by atoms with van der Waals surface area (Å²) in [4.78, 5) is 45.6. The number of nitrogens with one attached hydrogen (secondary N) is 2. The molecule has 0 spiro atoms. The minimum atomic E-state index is -0.715. The molecule has 0 fully saturated rings. The van der Waals surface area contributed by atoms with Gasteiger partial charge in [0, 0.05) is 23.2 Å². The average Bonchev–Trinajstić information content (AvgIpc) is 2.67. The number of nitrogens with zero attached hydrogens (tertiary/aromatic N) is 1. The van der Waals surface area contributed by atoms with E-state index < -0.39 is 23.4 Å². The molecule has 0 unspecified atom stereocenters. The topological polar surface area (TPSA) is 128 Å². The smallest absolute Gasteiger partial charge is 0.308 e. The molecule has 2 aromatic rings. The number of hydrogen-bond donors (Lipinski definition) is 2. The molecule has 146 valence electrons. The Hall–Kier alpha value is -3.46. The van der Waals surface area contributed by atoms with Crippen LogP contribution in [-0.2, 0) is 14.3 Å². The van der Waals surface area contributed by atoms with Crippen molar-refractivity contribution in [2.24, 2.45) is 0 Å². The number of rotatable bonds is 8. The van der Waals surface area contributed by atoms with Crippen molar-refractivity contribution in [2.75, 3.05) is 18.5 Å². The van der Waals surface area contributed by atoms with Crippen LogP contribution < -0.4 is 10.6 Å². The van der Waals surface area contributed by atoms with Crippen LogP contribution in [0.3, 0.4) is 0 Å². The Labute approximate surface area is 164 Å². The number of anilines is 1. The van der Waals surface area contributed by atoms with Gasteiger partial charge in [0.1, 0.15) is 5.69 Å². The molecular weight excluding hydrogens is 390 g/mol. The van der Waals surface area contributed by atoms with E-state index in [0.717, 1.165) is 0 Å². The Morgan fingerprint density at radius 3 is 2.43 bits per heavy atom. The molecule has 0 saturated heterocycles. The van der Waals surface area contributed by atoms with Crippen LogP contribution in [0.15, 0.2) is 48.5 Å². The number of para-hydroxylation sites is 2. The molecule has 0 heterocycles. The van der Waals surface area contributed by atoms with Gasteiger partial charge < -0.3 is 15.4 Å². The Kier molecular flexibility index (Phi) is 7.46. The SMILES string of the molecule is O=C(COC(=O)CCNC(=O)c1ccc(Cl)cc1)Nc1ccccc1[N+](=O)[O-]. The largest absolute Gasteiger partial charge is 0.456 e. The van der Waals surface area contributed by atoms with Crippen molar-refractivity contribution in [3.8, 4) is 0 Å². The second-order valence-electron chi connectivity index (χ2n) is 5.50. The number of nitro groups is 1. The van der Waals surface area contributed by atoms with Crippen LogP contribution in [0.5, 0.6) is 0 Å². The van der Waals surface area contributed by atoms with Gasteiger partial charge in [-0.05, 0) is 30.3 Å². The van der Waals surface area contributed by atoms with E-state index in [0.29, 0.717) is 10.6 Å². The van der Waals surface area contributed by atoms with Gasteiger partial charge in [-0.3, -0.25) is 24.5 Å². The van der Waals surface area contributed by atoms with Crippen molar-refractivity contribution < 1.29 is 24.0 Å². The first-order valence-electron chi connectivity index (χ1n) is 8.09. The van der Waals surface area contributed by atoms with Crippen LogP contribution in [0, 0.1) is 10.1 Å². The highest BCUT2D eigenvalue weighted by Gasteiger charge is 2.16. The van der Waals surface area contributed by atoms with Crippen LogP contribution in [-0.4, -0.2) is 35.9 Å². The zero-order valence-corrected chi connectivity index (χ0v) is 15.3. The fraction of sp³-hybridized carbons (Fsp3) is 0.167. The summed E-state index contributed by atoms with van der Waals surface area (Å²) in [7, 11) is 0. The van der Waals surface area contributed by atoms with E-state index in [4.69, 9.17) is 16.3 Å². The zero-order valence-electron chi connectivity index (χ0n) is 14.5. The summed E-state index contributed by atoms with van der Waals surface area (Å²) in [5, 5.41) is 16.2. The molecule has 2 N–H and O–H groups in total. The molecule has 2 amide bonds. The first kappa shape index (κ1) is 20.8. The van der Waals surface area contributed by atoms with Crippen LogP contribution in [0.25, 0.3) is 0 Å². The molecule has 0 aliphatic heterocycles. The predicted molar refractivity (Wildman–Crippen MR) is 101 cm³/mol. The molecule has 0 aromatic heterocycles. The lowest BCUT2D eigenvalue weighted by Gasteiger charge is -2.08. The Morgan fingerprint density at radius 1 is 1.07 bits per heavy atom. The molecule has 10 heteroatoms. The van der Waals surface area contributed by atoms with Gasteiger partial charge in [0.2, 0.25) is 0 Å². The Morgan fingerprint density at radius 2 is 1.75 bits per heavy atom. The number of hydrogen-bond acceptors (Lipinski definition) is 6. The highest BCUT2D eigenvalue weighted by atomic mass is 35.5. The first-order valence-corrected chi connectivity index (χ1v) is 8.47. The predicted octanol–water partition coefficient (Wildman–Crippen LogP) is 2.55. The van der Waals surface area contributed by atoms with Gasteiger partial charge >= 0.3 is 5.97 Å². The van der Waals surface area contributed by atoms with Gasteiger partial charge in [0.05, 0.1) is 11.3 Å². The van der Waals surface area contributed by atoms with Gasteiger partial charge in [-0.1, -0.05) is 23.7 Å². The molecular formula is C18H16ClN3O6. The van der Waals surface area contributed by atoms with Crippen LogP contribution in [0.4, 0.5) is 11.4 Å². The summed E-state index contributed by atoms with van der Waals surface area (Å²) in [6.07, 6.45) is -0.141. The van der Waals surface area contributed by atoms with Crippen molar-refractivity contribution in [3.63, 3.8) is 0 Å². The summed E-state index contributed by atoms with van der Waals surface area (Å²) >= 11 is 5.74. The average molecular weight is 406 g/mol. The minimum absolute atomic E-state index is 0.00350. The van der Waals surface area contributed by atoms with Crippen LogP contribution in [0.1, 0.15) is 16.8 Å². The van der Waals surface area contributed by atoms with E-state index in [-0.39, 0.29) is 30.2 Å². The summed E-state index contributed by atoms with van der Waals surface area (Å²) in [6.45, 7) is -0.581. The number of esters is 1. The summed E-state index contributed by atoms with van der Waals surface area (Å²) in [5.41, 5.74) is 0.123. The highest BCUT2D eigenvalue weighted by Crippen LogP contribution is 2.22. The van der Waals surface area contributed by atoms with E-state index >= 15 is 0 Å². The van der Waals surface area contributed by atoms with Gasteiger partial charge in [0.15, 0.2) is 6.61 Å². The van der Waals surface area contributed by atoms with E-state index in [1.54, 1.807) is 24.3 Å². The molecule has 28 heavy (non-hydrogen) atoms. The lowest BCUT2D eigenvalue weighted by atomic mass is 10.2. The maximum atomic E-state index is 11.9. The van der Waals surface area contributed by atoms with E-state index in [1.807, 2.05) is 0 Å². The van der Waals surface area contributed by atoms with Crippen LogP contribution in [0.2, 0.25) is 5.02 Å². The van der Waals surface area contributed by atoms with E-state index in [1.165, 1.54) is 24.3 Å². The maximum Gasteiger partial charge on any atom is 0.308 e. The lowest BCUT2D eigenvalue weighted by Crippen LogP contribution is -2.27. The molecule has 2 aromatic carbocycles. The summed E-state index contributed by atoms with van der Waals surface area (Å²) in [5.74, 6) is -1.79. The molecule has 0 saturated carbocycles. The zero-order chi connectivity index (χ0) is 20.5. The van der Waals surface area contributed by atoms with Crippen molar-refractivity contribution in [1.82, 2.24) is 5.32 Å². The molecule has 9 nitrogen and oxygen atoms in total. The quantitative estimate of drug-likeness (QED) is 0.394. The number of amides is 2. The number of nitro benzene ring substituents is 1. The first-order chi connectivity index (χ1) is 13.4. The molecule has 0 bridgehead atoms. The van der Waals surface area contributed by atoms with Gasteiger partial charge in [-0.25, -0.2) is 0 Å². The Bertz CT molecular complexity index is 885. The number of carbonyl (C=O) groups excluding carboxylic acids is 3. The number of halogens is 1. The third-order valence-electron chi connectivity index (χ3n) is 3.46. The lowest BCUT2D eigenvalue weighted by molar-refractivity contribution is -0.383. The van der Waals surface area contributed by atoms with Gasteiger partial charge in [0.25, 0.3) is 17.5 Å². The fourth-order valence-electron chi connectivity index (χ4n) is 2.12. The molecule has 0 aliphatic rings. The van der Waals surface area contributed by atoms with Crippen molar-refractivity contribution in [2.45, 2.75) is 6.42 Å². The number of benzene rings is 2. The van der Waals surface area contributed by atoms with E-state index in [9.17, 15) is 24.5 Å².